The fourth-order valence-corrected chi connectivity index (χ4v) is 3.18. The van der Waals surface area contributed by atoms with E-state index in [0.717, 1.165) is 45.7 Å². The molecule has 166 valence electrons. The van der Waals surface area contributed by atoms with E-state index in [0.29, 0.717) is 19.8 Å². The molecule has 28 heavy (non-hydrogen) atoms. The minimum absolute atomic E-state index is 0.115. The summed E-state index contributed by atoms with van der Waals surface area (Å²) in [4.78, 5) is 30.5. The Morgan fingerprint density at radius 2 is 0.857 bits per heavy atom. The lowest BCUT2D eigenvalue weighted by molar-refractivity contribution is -0.148. The van der Waals surface area contributed by atoms with E-state index in [1.807, 2.05) is 4.90 Å². The summed E-state index contributed by atoms with van der Waals surface area (Å²) in [6.45, 7) is 17.9. The zero-order valence-electron chi connectivity index (χ0n) is 18.9. The standard InChI is InChI=1S/C21H43N3O4/c1-6-11-22(12-7-2)14-15-23(13-8-3)16-17-24(18-20(25)27-9-4)19-21(26)28-10-5/h6-19H2,1-5H3. The summed E-state index contributed by atoms with van der Waals surface area (Å²) in [6.07, 6.45) is 3.42. The number of carbonyl (C=O) groups is 2. The average molecular weight is 402 g/mol. The number of hydrogen-bond acceptors (Lipinski definition) is 7. The second kappa shape index (κ2) is 17.9. The predicted molar refractivity (Wildman–Crippen MR) is 113 cm³/mol. The van der Waals surface area contributed by atoms with Crippen molar-refractivity contribution in [2.24, 2.45) is 0 Å². The van der Waals surface area contributed by atoms with Gasteiger partial charge in [-0.25, -0.2) is 0 Å². The molecule has 7 nitrogen and oxygen atoms in total. The minimum Gasteiger partial charge on any atom is -0.465 e. The lowest BCUT2D eigenvalue weighted by atomic mass is 10.3. The van der Waals surface area contributed by atoms with Crippen LogP contribution >= 0.6 is 0 Å². The summed E-state index contributed by atoms with van der Waals surface area (Å²) in [5.41, 5.74) is 0. The van der Waals surface area contributed by atoms with Crippen molar-refractivity contribution < 1.29 is 19.1 Å². The molecule has 0 aromatic heterocycles. The quantitative estimate of drug-likeness (QED) is 0.326. The van der Waals surface area contributed by atoms with Crippen LogP contribution in [0, 0.1) is 0 Å². The van der Waals surface area contributed by atoms with Gasteiger partial charge in [0, 0.05) is 26.2 Å². The molecule has 0 saturated carbocycles. The number of ether oxygens (including phenoxy) is 2. The number of hydrogen-bond donors (Lipinski definition) is 0. The number of rotatable bonds is 18. The van der Waals surface area contributed by atoms with Crippen LogP contribution in [0.25, 0.3) is 0 Å². The second-order valence-electron chi connectivity index (χ2n) is 7.00. The van der Waals surface area contributed by atoms with Gasteiger partial charge in [-0.1, -0.05) is 20.8 Å². The molecule has 0 fully saturated rings. The van der Waals surface area contributed by atoms with Crippen molar-refractivity contribution in [3.8, 4) is 0 Å². The van der Waals surface area contributed by atoms with Crippen molar-refractivity contribution in [1.29, 1.82) is 0 Å². The van der Waals surface area contributed by atoms with Gasteiger partial charge in [-0.15, -0.1) is 0 Å². The monoisotopic (exact) mass is 401 g/mol. The molecule has 0 aromatic carbocycles. The molecule has 0 rings (SSSR count). The molecule has 0 amide bonds. The highest BCUT2D eigenvalue weighted by molar-refractivity contribution is 5.75. The first kappa shape index (κ1) is 26.8. The third kappa shape index (κ3) is 13.9. The van der Waals surface area contributed by atoms with Crippen molar-refractivity contribution in [2.45, 2.75) is 53.9 Å². The van der Waals surface area contributed by atoms with Gasteiger partial charge in [0.1, 0.15) is 0 Å². The molecule has 0 radical (unpaired) electrons. The fraction of sp³-hybridized carbons (Fsp3) is 0.905. The Hall–Kier alpha value is -1.18. The third-order valence-corrected chi connectivity index (χ3v) is 4.40. The van der Waals surface area contributed by atoms with E-state index in [2.05, 4.69) is 30.6 Å². The van der Waals surface area contributed by atoms with Gasteiger partial charge < -0.3 is 19.3 Å². The molecule has 0 atom stereocenters. The third-order valence-electron chi connectivity index (χ3n) is 4.40. The van der Waals surface area contributed by atoms with E-state index in [4.69, 9.17) is 9.47 Å². The Balaban J connectivity index is 4.71. The van der Waals surface area contributed by atoms with Gasteiger partial charge in [0.15, 0.2) is 0 Å². The van der Waals surface area contributed by atoms with Crippen LogP contribution in [0.15, 0.2) is 0 Å². The summed E-state index contributed by atoms with van der Waals surface area (Å²) in [7, 11) is 0. The summed E-state index contributed by atoms with van der Waals surface area (Å²) >= 11 is 0. The van der Waals surface area contributed by atoms with Crippen molar-refractivity contribution in [3.05, 3.63) is 0 Å². The molecule has 0 bridgehead atoms. The van der Waals surface area contributed by atoms with Crippen LogP contribution in [0.3, 0.4) is 0 Å². The lowest BCUT2D eigenvalue weighted by Crippen LogP contribution is -2.43. The van der Waals surface area contributed by atoms with Crippen LogP contribution in [-0.4, -0.2) is 98.8 Å². The summed E-state index contributed by atoms with van der Waals surface area (Å²) in [5, 5.41) is 0. The van der Waals surface area contributed by atoms with Crippen LogP contribution in [0.4, 0.5) is 0 Å². The first-order valence-corrected chi connectivity index (χ1v) is 11.0. The number of esters is 2. The van der Waals surface area contributed by atoms with Gasteiger partial charge in [-0.2, -0.15) is 0 Å². The highest BCUT2D eigenvalue weighted by atomic mass is 16.5. The first-order chi connectivity index (χ1) is 13.5. The summed E-state index contributed by atoms with van der Waals surface area (Å²) < 4.78 is 10.1. The van der Waals surface area contributed by atoms with Crippen molar-refractivity contribution >= 4 is 11.9 Å². The second-order valence-corrected chi connectivity index (χ2v) is 7.00. The highest BCUT2D eigenvalue weighted by Gasteiger charge is 2.17. The molecule has 0 aliphatic rings. The van der Waals surface area contributed by atoms with Crippen molar-refractivity contribution in [2.75, 3.05) is 72.1 Å². The molecule has 0 saturated heterocycles. The Kier molecular flexibility index (Phi) is 17.1. The minimum atomic E-state index is -0.300. The van der Waals surface area contributed by atoms with Gasteiger partial charge in [-0.05, 0) is 52.7 Å². The molecule has 0 aromatic rings. The maximum Gasteiger partial charge on any atom is 0.320 e. The van der Waals surface area contributed by atoms with Gasteiger partial charge in [0.2, 0.25) is 0 Å². The van der Waals surface area contributed by atoms with Crippen LogP contribution in [0.5, 0.6) is 0 Å². The maximum absolute atomic E-state index is 11.9. The van der Waals surface area contributed by atoms with Crippen LogP contribution in [-0.2, 0) is 19.1 Å². The molecule has 0 N–H and O–H groups in total. The largest absolute Gasteiger partial charge is 0.465 e. The van der Waals surface area contributed by atoms with Crippen LogP contribution < -0.4 is 0 Å². The van der Waals surface area contributed by atoms with E-state index < -0.39 is 0 Å². The smallest absolute Gasteiger partial charge is 0.320 e. The van der Waals surface area contributed by atoms with Gasteiger partial charge in [0.05, 0.1) is 26.3 Å². The van der Waals surface area contributed by atoms with Gasteiger partial charge >= 0.3 is 11.9 Å². The molecule has 0 unspecified atom stereocenters. The average Bonchev–Trinajstić information content (AvgIpc) is 2.64. The SMILES string of the molecule is CCCN(CCC)CCN(CCC)CCN(CC(=O)OCC)CC(=O)OCC. The molecule has 7 heteroatoms. The zero-order valence-corrected chi connectivity index (χ0v) is 18.9. The topological polar surface area (TPSA) is 62.3 Å². The van der Waals surface area contributed by atoms with Gasteiger partial charge in [-0.3, -0.25) is 14.5 Å². The van der Waals surface area contributed by atoms with E-state index in [9.17, 15) is 9.59 Å². The zero-order chi connectivity index (χ0) is 21.2. The molecule has 0 aliphatic heterocycles. The van der Waals surface area contributed by atoms with Gasteiger partial charge in [0.25, 0.3) is 0 Å². The Labute approximate surface area is 172 Å². The summed E-state index contributed by atoms with van der Waals surface area (Å²) in [5.74, 6) is -0.600. The maximum atomic E-state index is 11.9. The summed E-state index contributed by atoms with van der Waals surface area (Å²) in [6, 6.07) is 0. The molecule has 0 aliphatic carbocycles. The number of nitrogens with zero attached hydrogens (tertiary/aromatic N) is 3. The Morgan fingerprint density at radius 3 is 1.18 bits per heavy atom. The van der Waals surface area contributed by atoms with Crippen LogP contribution in [0.1, 0.15) is 53.9 Å². The normalized spacial score (nSPS) is 11.4. The van der Waals surface area contributed by atoms with E-state index in [-0.39, 0.29) is 25.0 Å². The number of carbonyl (C=O) groups excluding carboxylic acids is 2. The molecule has 0 spiro atoms. The Morgan fingerprint density at radius 1 is 0.536 bits per heavy atom. The van der Waals surface area contributed by atoms with E-state index >= 15 is 0 Å². The fourth-order valence-electron chi connectivity index (χ4n) is 3.18. The van der Waals surface area contributed by atoms with E-state index in [1.54, 1.807) is 13.8 Å². The molecular weight excluding hydrogens is 358 g/mol. The molecular formula is C21H43N3O4. The first-order valence-electron chi connectivity index (χ1n) is 11.0. The van der Waals surface area contributed by atoms with Crippen molar-refractivity contribution in [1.82, 2.24) is 14.7 Å². The highest BCUT2D eigenvalue weighted by Crippen LogP contribution is 2.00. The predicted octanol–water partition coefficient (Wildman–Crippen LogP) is 2.25. The molecule has 0 heterocycles. The van der Waals surface area contributed by atoms with E-state index in [1.165, 1.54) is 12.8 Å². The Bertz CT molecular complexity index is 381. The van der Waals surface area contributed by atoms with Crippen LogP contribution in [0.2, 0.25) is 0 Å². The lowest BCUT2D eigenvalue weighted by Gasteiger charge is -2.29. The van der Waals surface area contributed by atoms with Crippen molar-refractivity contribution in [3.63, 3.8) is 0 Å².